The second-order valence-corrected chi connectivity index (χ2v) is 11.7. The molecule has 8 aromatic rings. The fourth-order valence-corrected chi connectivity index (χ4v) is 7.12. The van der Waals surface area contributed by atoms with Crippen LogP contribution in [0.1, 0.15) is 16.7 Å². The van der Waals surface area contributed by atoms with Gasteiger partial charge in [-0.25, -0.2) is 12.9 Å². The number of benzene rings is 4. The lowest BCUT2D eigenvalue weighted by Gasteiger charge is -2.14. The van der Waals surface area contributed by atoms with E-state index >= 15 is 0 Å². The Morgan fingerprint density at radius 3 is 2.10 bits per heavy atom. The Labute approximate surface area is 230 Å². The van der Waals surface area contributed by atoms with E-state index in [1.807, 2.05) is 6.92 Å². The summed E-state index contributed by atoms with van der Waals surface area (Å²) >= 11 is 0. The molecule has 3 aromatic heterocycles. The summed E-state index contributed by atoms with van der Waals surface area (Å²) < 4.78 is 36.8. The number of rotatable bonds is 1. The highest BCUT2D eigenvalue weighted by Crippen LogP contribution is 2.38. The van der Waals surface area contributed by atoms with Crippen molar-refractivity contribution in [1.82, 2.24) is 9.61 Å². The Hall–Kier alpha value is -4.59. The summed E-state index contributed by atoms with van der Waals surface area (Å²) in [6.45, 7) is 5.12. The topological polar surface area (TPSA) is 78.6 Å². The van der Waals surface area contributed by atoms with E-state index in [1.54, 1.807) is 26.0 Å². The number of fused-ring (bicyclic) bond motifs is 9. The van der Waals surface area contributed by atoms with Crippen LogP contribution in [-0.4, -0.2) is 22.6 Å². The molecule has 6 nitrogen and oxygen atoms in total. The van der Waals surface area contributed by atoms with Gasteiger partial charge in [-0.05, 0) is 60.2 Å². The van der Waals surface area contributed by atoms with Crippen LogP contribution in [0.4, 0.5) is 0 Å². The number of para-hydroxylation sites is 2. The van der Waals surface area contributed by atoms with Crippen molar-refractivity contribution in [2.75, 3.05) is 0 Å². The number of aryl methyl sites for hydroxylation is 3. The van der Waals surface area contributed by atoms with Crippen molar-refractivity contribution in [3.05, 3.63) is 114 Å². The van der Waals surface area contributed by atoms with Gasteiger partial charge in [0.15, 0.2) is 6.20 Å². The van der Waals surface area contributed by atoms with Gasteiger partial charge in [0, 0.05) is 29.0 Å². The normalized spacial score (nSPS) is 12.2. The minimum Gasteiger partial charge on any atom is -0.744 e. The fraction of sp³-hybridized carbons (Fsp3) is 0.0909. The second kappa shape index (κ2) is 8.71. The average Bonchev–Trinajstić information content (AvgIpc) is 3.52. The molecule has 0 aliphatic carbocycles. The highest BCUT2D eigenvalue weighted by molar-refractivity contribution is 7.85. The summed E-state index contributed by atoms with van der Waals surface area (Å²) in [5.74, 6) is 0. The smallest absolute Gasteiger partial charge is 0.237 e. The van der Waals surface area contributed by atoms with Crippen molar-refractivity contribution < 1.29 is 17.4 Å². The van der Waals surface area contributed by atoms with Gasteiger partial charge >= 0.3 is 0 Å². The van der Waals surface area contributed by atoms with Gasteiger partial charge in [0.25, 0.3) is 0 Å². The molecule has 0 saturated carbocycles. The van der Waals surface area contributed by atoms with E-state index in [-0.39, 0.29) is 4.90 Å². The Bertz CT molecular complexity index is 2360. The predicted molar refractivity (Wildman–Crippen MR) is 158 cm³/mol. The lowest BCUT2D eigenvalue weighted by atomic mass is 10.1. The maximum Gasteiger partial charge on any atom is 0.237 e. The van der Waals surface area contributed by atoms with Crippen molar-refractivity contribution in [2.45, 2.75) is 25.7 Å². The summed E-state index contributed by atoms with van der Waals surface area (Å²) in [6.07, 6.45) is 2.13. The fourth-order valence-electron chi connectivity index (χ4n) is 6.21. The SMILES string of the molecule is Cc1cc(C)c(S(=O)(=O)[O-])c(C)c1.c1cc2cccc3c4nn5c6ccccc6[n+]6cccc6c5cc4c(c1)c23. The summed E-state index contributed by atoms with van der Waals surface area (Å²) in [5, 5.41) is 11.5. The van der Waals surface area contributed by atoms with Crippen LogP contribution in [0.2, 0.25) is 0 Å². The molecule has 8 rings (SSSR count). The van der Waals surface area contributed by atoms with Crippen LogP contribution in [0.15, 0.2) is 102 Å². The molecule has 5 aromatic carbocycles. The number of hydrogen-bond donors (Lipinski definition) is 0. The third kappa shape index (κ3) is 3.62. The molecule has 40 heavy (non-hydrogen) atoms. The molecule has 0 radical (unpaired) electrons. The van der Waals surface area contributed by atoms with Gasteiger partial charge < -0.3 is 4.55 Å². The molecular formula is C33H25N3O3S. The quantitative estimate of drug-likeness (QED) is 0.132. The minimum absolute atomic E-state index is 0.0851. The van der Waals surface area contributed by atoms with Gasteiger partial charge in [0.05, 0.1) is 10.4 Å². The molecule has 0 aliphatic heterocycles. The maximum absolute atomic E-state index is 10.8. The van der Waals surface area contributed by atoms with E-state index in [0.29, 0.717) is 11.1 Å². The standard InChI is InChI=1S/C24H14N3.C9H12O3S/c1-2-11-21-19(10-1)26-13-5-12-20(26)22-14-18-16-8-3-6-15-7-4-9-17(23(15)16)24(18)25-27(21)22;1-6-4-7(2)9(8(3)5-6)13(10,11)12/h1-14H;4-5H,1-3H3,(H,10,11,12)/q+1;/p-1. The summed E-state index contributed by atoms with van der Waals surface area (Å²) in [4.78, 5) is -0.0851. The van der Waals surface area contributed by atoms with Crippen molar-refractivity contribution >= 4 is 64.6 Å². The van der Waals surface area contributed by atoms with Gasteiger partial charge in [-0.2, -0.15) is 9.50 Å². The second-order valence-electron chi connectivity index (χ2n) is 10.3. The highest BCUT2D eigenvalue weighted by Gasteiger charge is 2.20. The van der Waals surface area contributed by atoms with Gasteiger partial charge in [-0.3, -0.25) is 0 Å². The molecule has 7 heteroatoms. The molecular weight excluding hydrogens is 518 g/mol. The molecule has 0 aliphatic rings. The Balaban J connectivity index is 0.000000174. The van der Waals surface area contributed by atoms with E-state index in [0.717, 1.165) is 27.6 Å². The number of nitrogens with zero attached hydrogens (tertiary/aromatic N) is 3. The van der Waals surface area contributed by atoms with Crippen LogP contribution in [0.25, 0.3) is 54.5 Å². The molecule has 0 N–H and O–H groups in total. The van der Waals surface area contributed by atoms with Crippen LogP contribution >= 0.6 is 0 Å². The number of hydrogen-bond acceptors (Lipinski definition) is 4. The minimum atomic E-state index is -4.33. The lowest BCUT2D eigenvalue weighted by molar-refractivity contribution is -0.477. The Kier molecular flexibility index (Phi) is 5.32. The molecule has 0 spiro atoms. The third-order valence-corrected chi connectivity index (χ3v) is 8.79. The third-order valence-electron chi connectivity index (χ3n) is 7.65. The van der Waals surface area contributed by atoms with Crippen LogP contribution < -0.4 is 4.40 Å². The van der Waals surface area contributed by atoms with Crippen LogP contribution in [-0.2, 0) is 10.1 Å². The summed E-state index contributed by atoms with van der Waals surface area (Å²) in [7, 11) is -4.33. The zero-order chi connectivity index (χ0) is 27.8. The van der Waals surface area contributed by atoms with Crippen LogP contribution in [0.3, 0.4) is 0 Å². The van der Waals surface area contributed by atoms with Crippen molar-refractivity contribution in [1.29, 1.82) is 0 Å². The van der Waals surface area contributed by atoms with Crippen LogP contribution in [0.5, 0.6) is 0 Å². The molecule has 0 atom stereocenters. The molecule has 0 amide bonds. The molecule has 0 fully saturated rings. The van der Waals surface area contributed by atoms with Gasteiger partial charge in [0.1, 0.15) is 21.2 Å². The molecule has 0 unspecified atom stereocenters. The zero-order valence-electron chi connectivity index (χ0n) is 22.2. The van der Waals surface area contributed by atoms with E-state index in [1.165, 1.54) is 32.4 Å². The van der Waals surface area contributed by atoms with E-state index < -0.39 is 10.1 Å². The summed E-state index contributed by atoms with van der Waals surface area (Å²) in [5.41, 5.74) is 7.65. The van der Waals surface area contributed by atoms with Crippen LogP contribution in [0, 0.1) is 20.8 Å². The predicted octanol–water partition coefficient (Wildman–Crippen LogP) is 6.64. The van der Waals surface area contributed by atoms with Crippen molar-refractivity contribution in [3.8, 4) is 0 Å². The number of aromatic nitrogens is 3. The first-order chi connectivity index (χ1) is 19.2. The summed E-state index contributed by atoms with van der Waals surface area (Å²) in [6, 6.07) is 31.4. The largest absolute Gasteiger partial charge is 0.744 e. The van der Waals surface area contributed by atoms with E-state index in [9.17, 15) is 13.0 Å². The van der Waals surface area contributed by atoms with Gasteiger partial charge in [-0.15, -0.1) is 0 Å². The zero-order valence-corrected chi connectivity index (χ0v) is 23.0. The Morgan fingerprint density at radius 1 is 0.725 bits per heavy atom. The first-order valence-corrected chi connectivity index (χ1v) is 14.4. The maximum atomic E-state index is 10.8. The van der Waals surface area contributed by atoms with Crippen molar-refractivity contribution in [3.63, 3.8) is 0 Å². The molecule has 196 valence electrons. The molecule has 3 heterocycles. The Morgan fingerprint density at radius 2 is 1.38 bits per heavy atom. The monoisotopic (exact) mass is 543 g/mol. The average molecular weight is 544 g/mol. The van der Waals surface area contributed by atoms with E-state index in [2.05, 4.69) is 94.0 Å². The van der Waals surface area contributed by atoms with Crippen molar-refractivity contribution in [2.24, 2.45) is 0 Å². The highest BCUT2D eigenvalue weighted by atomic mass is 32.2. The van der Waals surface area contributed by atoms with Gasteiger partial charge in [-0.1, -0.05) is 66.2 Å². The molecule has 0 bridgehead atoms. The van der Waals surface area contributed by atoms with E-state index in [4.69, 9.17) is 5.10 Å². The van der Waals surface area contributed by atoms with Gasteiger partial charge in [0.2, 0.25) is 11.0 Å². The first kappa shape index (κ1) is 24.5. The first-order valence-electron chi connectivity index (χ1n) is 13.0. The molecule has 0 saturated heterocycles. The lowest BCUT2D eigenvalue weighted by Crippen LogP contribution is -2.21.